The minimum atomic E-state index is 0.0684. The van der Waals surface area contributed by atoms with E-state index < -0.39 is 0 Å². The van der Waals surface area contributed by atoms with Crippen LogP contribution in [0.2, 0.25) is 0 Å². The number of nitrogens with one attached hydrogen (secondary N) is 1. The highest BCUT2D eigenvalue weighted by atomic mass is 32.2. The van der Waals surface area contributed by atoms with Gasteiger partial charge in [0.05, 0.1) is 5.75 Å². The van der Waals surface area contributed by atoms with Gasteiger partial charge >= 0.3 is 0 Å². The van der Waals surface area contributed by atoms with Crippen molar-refractivity contribution in [1.82, 2.24) is 20.1 Å². The van der Waals surface area contributed by atoms with E-state index in [0.29, 0.717) is 24.3 Å². The van der Waals surface area contributed by atoms with Crippen LogP contribution in [-0.2, 0) is 18.4 Å². The quantitative estimate of drug-likeness (QED) is 0.754. The van der Waals surface area contributed by atoms with Gasteiger partial charge in [0.2, 0.25) is 5.91 Å². The molecule has 0 bridgehead atoms. The Hall–Kier alpha value is -2.02. The summed E-state index contributed by atoms with van der Waals surface area (Å²) in [6, 6.07) is 9.93. The predicted molar refractivity (Wildman–Crippen MR) is 102 cm³/mol. The van der Waals surface area contributed by atoms with Crippen LogP contribution in [0.15, 0.2) is 35.5 Å². The number of benzene rings is 1. The molecule has 0 aliphatic heterocycles. The van der Waals surface area contributed by atoms with Crippen molar-refractivity contribution in [3.8, 4) is 5.75 Å². The third-order valence-corrected chi connectivity index (χ3v) is 5.85. The Morgan fingerprint density at radius 2 is 2.04 bits per heavy atom. The van der Waals surface area contributed by atoms with E-state index in [0.717, 1.165) is 23.2 Å². The van der Waals surface area contributed by atoms with Crippen molar-refractivity contribution in [2.45, 2.75) is 50.4 Å². The van der Waals surface area contributed by atoms with E-state index in [2.05, 4.69) is 22.4 Å². The van der Waals surface area contributed by atoms with Gasteiger partial charge in [-0.2, -0.15) is 0 Å². The van der Waals surface area contributed by atoms with Crippen molar-refractivity contribution in [2.24, 2.45) is 13.0 Å². The zero-order valence-corrected chi connectivity index (χ0v) is 16.2. The number of amides is 1. The largest absolute Gasteiger partial charge is 0.486 e. The second kappa shape index (κ2) is 9.07. The highest BCUT2D eigenvalue weighted by molar-refractivity contribution is 7.99. The molecule has 0 unspecified atom stereocenters. The topological polar surface area (TPSA) is 69.0 Å². The fourth-order valence-corrected chi connectivity index (χ4v) is 3.91. The summed E-state index contributed by atoms with van der Waals surface area (Å²) in [7, 11) is 1.90. The number of carbonyl (C=O) groups excluding carboxylic acids is 1. The van der Waals surface area contributed by atoms with Gasteiger partial charge < -0.3 is 14.6 Å². The van der Waals surface area contributed by atoms with Crippen LogP contribution in [0, 0.1) is 5.92 Å². The van der Waals surface area contributed by atoms with Crippen LogP contribution in [0.4, 0.5) is 0 Å². The van der Waals surface area contributed by atoms with Crippen LogP contribution in [0.1, 0.15) is 38.4 Å². The monoisotopic (exact) mass is 374 g/mol. The standard InChI is InChI=1S/C19H26N4O2S/c1-14-8-6-7-11-16(14)20-18(24)13-26-19-22-21-17(23(19)2)12-25-15-9-4-3-5-10-15/h3-5,9-10,14,16H,6-8,11-13H2,1-2H3,(H,20,24)/t14-,16-/m0/s1. The second-order valence-corrected chi connectivity index (χ2v) is 7.73. The van der Waals surface area contributed by atoms with Crippen molar-refractivity contribution in [3.63, 3.8) is 0 Å². The lowest BCUT2D eigenvalue weighted by Crippen LogP contribution is -2.41. The molecule has 1 aromatic carbocycles. The molecule has 1 heterocycles. The highest BCUT2D eigenvalue weighted by Crippen LogP contribution is 2.24. The van der Waals surface area contributed by atoms with Crippen LogP contribution in [0.5, 0.6) is 5.75 Å². The van der Waals surface area contributed by atoms with E-state index in [4.69, 9.17) is 4.74 Å². The first-order valence-corrected chi connectivity index (χ1v) is 10.1. The fourth-order valence-electron chi connectivity index (χ4n) is 3.17. The molecular formula is C19H26N4O2S. The Balaban J connectivity index is 1.47. The second-order valence-electron chi connectivity index (χ2n) is 6.78. The van der Waals surface area contributed by atoms with Gasteiger partial charge in [-0.25, -0.2) is 0 Å². The lowest BCUT2D eigenvalue weighted by atomic mass is 9.86. The Bertz CT molecular complexity index is 720. The summed E-state index contributed by atoms with van der Waals surface area (Å²) < 4.78 is 7.59. The molecule has 1 aliphatic rings. The Morgan fingerprint density at radius 3 is 2.81 bits per heavy atom. The molecule has 3 rings (SSSR count). The van der Waals surface area contributed by atoms with E-state index in [9.17, 15) is 4.79 Å². The molecule has 0 radical (unpaired) electrons. The minimum Gasteiger partial charge on any atom is -0.486 e. The number of thioether (sulfide) groups is 1. The van der Waals surface area contributed by atoms with Gasteiger partial charge in [0, 0.05) is 13.1 Å². The number of rotatable bonds is 7. The lowest BCUT2D eigenvalue weighted by molar-refractivity contribution is -0.119. The van der Waals surface area contributed by atoms with Crippen molar-refractivity contribution in [2.75, 3.05) is 5.75 Å². The zero-order valence-electron chi connectivity index (χ0n) is 15.4. The molecule has 26 heavy (non-hydrogen) atoms. The highest BCUT2D eigenvalue weighted by Gasteiger charge is 2.23. The number of nitrogens with zero attached hydrogens (tertiary/aromatic N) is 3. The molecule has 1 aliphatic carbocycles. The average molecular weight is 375 g/mol. The van der Waals surface area contributed by atoms with Gasteiger partial charge in [0.1, 0.15) is 12.4 Å². The third-order valence-electron chi connectivity index (χ3n) is 4.83. The van der Waals surface area contributed by atoms with Crippen LogP contribution >= 0.6 is 11.8 Å². The van der Waals surface area contributed by atoms with Crippen molar-refractivity contribution >= 4 is 17.7 Å². The summed E-state index contributed by atoms with van der Waals surface area (Å²) in [4.78, 5) is 12.2. The summed E-state index contributed by atoms with van der Waals surface area (Å²) in [5.41, 5.74) is 0. The first-order chi connectivity index (χ1) is 12.6. The number of hydrogen-bond donors (Lipinski definition) is 1. The maximum Gasteiger partial charge on any atom is 0.230 e. The molecule has 2 atom stereocenters. The van der Waals surface area contributed by atoms with Crippen molar-refractivity contribution in [1.29, 1.82) is 0 Å². The van der Waals surface area contributed by atoms with Gasteiger partial charge in [-0.3, -0.25) is 4.79 Å². The summed E-state index contributed by atoms with van der Waals surface area (Å²) >= 11 is 1.41. The smallest absolute Gasteiger partial charge is 0.230 e. The van der Waals surface area contributed by atoms with Crippen LogP contribution in [-0.4, -0.2) is 32.5 Å². The Morgan fingerprint density at radius 1 is 1.27 bits per heavy atom. The summed E-state index contributed by atoms with van der Waals surface area (Å²) in [6.07, 6.45) is 4.76. The van der Waals surface area contributed by atoms with Gasteiger partial charge in [-0.1, -0.05) is 49.7 Å². The number of aromatic nitrogens is 3. The van der Waals surface area contributed by atoms with Gasteiger partial charge in [-0.05, 0) is 30.9 Å². The third kappa shape index (κ3) is 5.00. The summed E-state index contributed by atoms with van der Waals surface area (Å²) in [6.45, 7) is 2.57. The van der Waals surface area contributed by atoms with E-state index >= 15 is 0 Å². The van der Waals surface area contributed by atoms with Gasteiger partial charge in [-0.15, -0.1) is 10.2 Å². The molecule has 1 fully saturated rings. The predicted octanol–water partition coefficient (Wildman–Crippen LogP) is 3.18. The number of hydrogen-bond acceptors (Lipinski definition) is 5. The molecule has 1 amide bonds. The summed E-state index contributed by atoms with van der Waals surface area (Å²) in [5.74, 6) is 2.52. The molecule has 6 nitrogen and oxygen atoms in total. The lowest BCUT2D eigenvalue weighted by Gasteiger charge is -2.29. The van der Waals surface area contributed by atoms with E-state index in [1.807, 2.05) is 41.9 Å². The van der Waals surface area contributed by atoms with E-state index in [1.54, 1.807) is 0 Å². The zero-order chi connectivity index (χ0) is 18.4. The van der Waals surface area contributed by atoms with Crippen molar-refractivity contribution < 1.29 is 9.53 Å². The number of carbonyl (C=O) groups is 1. The Kier molecular flexibility index (Phi) is 6.55. The van der Waals surface area contributed by atoms with E-state index in [-0.39, 0.29) is 5.91 Å². The van der Waals surface area contributed by atoms with Crippen LogP contribution < -0.4 is 10.1 Å². The van der Waals surface area contributed by atoms with Gasteiger partial charge in [0.15, 0.2) is 11.0 Å². The molecule has 1 N–H and O–H groups in total. The van der Waals surface area contributed by atoms with Crippen LogP contribution in [0.3, 0.4) is 0 Å². The van der Waals surface area contributed by atoms with Gasteiger partial charge in [0.25, 0.3) is 0 Å². The molecule has 0 spiro atoms. The first kappa shape index (κ1) is 18.8. The summed E-state index contributed by atoms with van der Waals surface area (Å²) in [5, 5.41) is 12.2. The number of ether oxygens (including phenoxy) is 1. The molecule has 7 heteroatoms. The van der Waals surface area contributed by atoms with E-state index in [1.165, 1.54) is 31.0 Å². The fraction of sp³-hybridized carbons (Fsp3) is 0.526. The maximum atomic E-state index is 12.2. The molecule has 1 aromatic heterocycles. The average Bonchev–Trinajstić information content (AvgIpc) is 3.01. The normalized spacial score (nSPS) is 19.9. The molecular weight excluding hydrogens is 348 g/mol. The Labute approximate surface area is 158 Å². The SMILES string of the molecule is C[C@H]1CCCC[C@@H]1NC(=O)CSc1nnc(COc2ccccc2)n1C. The molecule has 1 saturated carbocycles. The first-order valence-electron chi connectivity index (χ1n) is 9.12. The minimum absolute atomic E-state index is 0.0684. The van der Waals surface area contributed by atoms with Crippen LogP contribution in [0.25, 0.3) is 0 Å². The van der Waals surface area contributed by atoms with Crippen molar-refractivity contribution in [3.05, 3.63) is 36.2 Å². The maximum absolute atomic E-state index is 12.2. The molecule has 2 aromatic rings. The number of para-hydroxylation sites is 1. The molecule has 140 valence electrons. The molecule has 0 saturated heterocycles.